The second-order valence-electron chi connectivity index (χ2n) is 6.46. The fourth-order valence-electron chi connectivity index (χ4n) is 3.07. The lowest BCUT2D eigenvalue weighted by Crippen LogP contribution is -2.14. The quantitative estimate of drug-likeness (QED) is 0.483. The third-order valence-corrected chi connectivity index (χ3v) is 5.06. The molecule has 0 atom stereocenters. The summed E-state index contributed by atoms with van der Waals surface area (Å²) in [4.78, 5) is 16.4. The number of pyridine rings is 2. The first kappa shape index (κ1) is 18.3. The summed E-state index contributed by atoms with van der Waals surface area (Å²) in [5.41, 5.74) is 4.39. The Morgan fingerprint density at radius 3 is 2.68 bits per heavy atom. The molecule has 0 aliphatic rings. The number of anilines is 2. The number of benzene rings is 2. The van der Waals surface area contributed by atoms with Crippen LogP contribution >= 0.6 is 15.9 Å². The maximum atomic E-state index is 12.0. The Balaban J connectivity index is 1.79. The standard InChI is InChI=1S/C22H18BrN3O2/c1-26-8-6-14(11-22(26)27)15-9-17(13-18(10-15)28-2)25-21-5-7-24-20-4-3-16(23)12-19(20)21/h3-13H,1-2H3,(H,24,25). The normalized spacial score (nSPS) is 10.8. The minimum absolute atomic E-state index is 0.0557. The summed E-state index contributed by atoms with van der Waals surface area (Å²) in [6, 6.07) is 17.3. The highest BCUT2D eigenvalue weighted by Crippen LogP contribution is 2.32. The van der Waals surface area contributed by atoms with E-state index in [0.717, 1.165) is 37.9 Å². The summed E-state index contributed by atoms with van der Waals surface area (Å²) in [5.74, 6) is 0.709. The smallest absolute Gasteiger partial charge is 0.250 e. The van der Waals surface area contributed by atoms with E-state index in [0.29, 0.717) is 5.75 Å². The van der Waals surface area contributed by atoms with Crippen LogP contribution in [0.4, 0.5) is 11.4 Å². The Kier molecular flexibility index (Phi) is 4.88. The van der Waals surface area contributed by atoms with E-state index in [2.05, 4.69) is 26.2 Å². The van der Waals surface area contributed by atoms with E-state index in [4.69, 9.17) is 4.74 Å². The lowest BCUT2D eigenvalue weighted by molar-refractivity contribution is 0.415. The van der Waals surface area contributed by atoms with E-state index in [9.17, 15) is 4.79 Å². The zero-order valence-corrected chi connectivity index (χ0v) is 17.0. The van der Waals surface area contributed by atoms with Gasteiger partial charge in [0.1, 0.15) is 5.75 Å². The molecule has 0 aliphatic carbocycles. The number of rotatable bonds is 4. The zero-order chi connectivity index (χ0) is 19.7. The summed E-state index contributed by atoms with van der Waals surface area (Å²) < 4.78 is 8.01. The lowest BCUT2D eigenvalue weighted by atomic mass is 10.1. The number of hydrogen-bond acceptors (Lipinski definition) is 4. The number of methoxy groups -OCH3 is 1. The highest BCUT2D eigenvalue weighted by molar-refractivity contribution is 9.10. The van der Waals surface area contributed by atoms with Crippen molar-refractivity contribution in [3.63, 3.8) is 0 Å². The molecule has 2 heterocycles. The molecule has 0 radical (unpaired) electrons. The number of nitrogens with zero attached hydrogens (tertiary/aromatic N) is 2. The summed E-state index contributed by atoms with van der Waals surface area (Å²) in [6.45, 7) is 0. The van der Waals surface area contributed by atoms with Crippen LogP contribution in [0.2, 0.25) is 0 Å². The van der Waals surface area contributed by atoms with Crippen molar-refractivity contribution in [2.45, 2.75) is 0 Å². The molecular formula is C22H18BrN3O2. The van der Waals surface area contributed by atoms with Gasteiger partial charge in [-0.15, -0.1) is 0 Å². The van der Waals surface area contributed by atoms with E-state index >= 15 is 0 Å². The predicted molar refractivity (Wildman–Crippen MR) is 116 cm³/mol. The van der Waals surface area contributed by atoms with E-state index < -0.39 is 0 Å². The van der Waals surface area contributed by atoms with Gasteiger partial charge < -0.3 is 14.6 Å². The van der Waals surface area contributed by atoms with Crippen molar-refractivity contribution >= 4 is 38.2 Å². The van der Waals surface area contributed by atoms with Gasteiger partial charge in [-0.25, -0.2) is 0 Å². The van der Waals surface area contributed by atoms with Crippen molar-refractivity contribution in [1.82, 2.24) is 9.55 Å². The van der Waals surface area contributed by atoms with Crippen LogP contribution < -0.4 is 15.6 Å². The van der Waals surface area contributed by atoms with Gasteiger partial charge >= 0.3 is 0 Å². The van der Waals surface area contributed by atoms with Crippen molar-refractivity contribution in [1.29, 1.82) is 0 Å². The average molecular weight is 436 g/mol. The molecular weight excluding hydrogens is 418 g/mol. The number of halogens is 1. The van der Waals surface area contributed by atoms with Gasteiger partial charge in [0.05, 0.1) is 12.6 Å². The van der Waals surface area contributed by atoms with Crippen LogP contribution in [-0.4, -0.2) is 16.7 Å². The number of aromatic nitrogens is 2. The SMILES string of the molecule is COc1cc(Nc2ccnc3ccc(Br)cc23)cc(-c2ccn(C)c(=O)c2)c1. The predicted octanol–water partition coefficient (Wildman–Crippen LogP) is 5.12. The van der Waals surface area contributed by atoms with Crippen LogP contribution in [0.5, 0.6) is 5.75 Å². The van der Waals surface area contributed by atoms with Gasteiger partial charge in [0.15, 0.2) is 0 Å². The first-order chi connectivity index (χ1) is 13.5. The summed E-state index contributed by atoms with van der Waals surface area (Å²) in [5, 5.41) is 4.47. The van der Waals surface area contributed by atoms with Gasteiger partial charge in [0.25, 0.3) is 5.56 Å². The highest BCUT2D eigenvalue weighted by atomic mass is 79.9. The van der Waals surface area contributed by atoms with E-state index in [1.807, 2.05) is 48.5 Å². The molecule has 0 unspecified atom stereocenters. The Morgan fingerprint density at radius 2 is 1.89 bits per heavy atom. The maximum Gasteiger partial charge on any atom is 0.250 e. The summed E-state index contributed by atoms with van der Waals surface area (Å²) >= 11 is 3.52. The Labute approximate surface area is 170 Å². The Bertz CT molecular complexity index is 1230. The maximum absolute atomic E-state index is 12.0. The molecule has 140 valence electrons. The van der Waals surface area contributed by atoms with E-state index in [1.54, 1.807) is 37.2 Å². The molecule has 1 N–H and O–H groups in total. The van der Waals surface area contributed by atoms with Crippen LogP contribution in [0.25, 0.3) is 22.0 Å². The number of fused-ring (bicyclic) bond motifs is 1. The van der Waals surface area contributed by atoms with Crippen LogP contribution in [0.3, 0.4) is 0 Å². The fourth-order valence-corrected chi connectivity index (χ4v) is 3.43. The molecule has 4 rings (SSSR count). The van der Waals surface area contributed by atoms with Gasteiger partial charge in [-0.05, 0) is 53.6 Å². The number of nitrogens with one attached hydrogen (secondary N) is 1. The summed E-state index contributed by atoms with van der Waals surface area (Å²) in [7, 11) is 3.36. The molecule has 4 aromatic rings. The van der Waals surface area contributed by atoms with Crippen LogP contribution in [-0.2, 0) is 7.05 Å². The lowest BCUT2D eigenvalue weighted by Gasteiger charge is -2.13. The molecule has 2 aromatic carbocycles. The molecule has 0 fully saturated rings. The van der Waals surface area contributed by atoms with E-state index in [-0.39, 0.29) is 5.56 Å². The molecule has 6 heteroatoms. The van der Waals surface area contributed by atoms with Gasteiger partial charge in [0, 0.05) is 52.8 Å². The first-order valence-corrected chi connectivity index (χ1v) is 9.50. The molecule has 0 bridgehead atoms. The minimum atomic E-state index is -0.0557. The second-order valence-corrected chi connectivity index (χ2v) is 7.38. The van der Waals surface area contributed by atoms with Crippen molar-refractivity contribution < 1.29 is 4.74 Å². The minimum Gasteiger partial charge on any atom is -0.497 e. The molecule has 0 saturated heterocycles. The van der Waals surface area contributed by atoms with Crippen molar-refractivity contribution in [2.75, 3.05) is 12.4 Å². The monoisotopic (exact) mass is 435 g/mol. The number of ether oxygens (including phenoxy) is 1. The van der Waals surface area contributed by atoms with Crippen LogP contribution in [0.1, 0.15) is 0 Å². The molecule has 0 spiro atoms. The number of hydrogen-bond donors (Lipinski definition) is 1. The molecule has 0 amide bonds. The Morgan fingerprint density at radius 1 is 1.04 bits per heavy atom. The van der Waals surface area contributed by atoms with Gasteiger partial charge in [-0.1, -0.05) is 15.9 Å². The Hall–Kier alpha value is -3.12. The molecule has 0 aliphatic heterocycles. The van der Waals surface area contributed by atoms with Crippen LogP contribution in [0.15, 0.2) is 76.3 Å². The first-order valence-electron chi connectivity index (χ1n) is 8.71. The van der Waals surface area contributed by atoms with Gasteiger partial charge in [0.2, 0.25) is 0 Å². The topological polar surface area (TPSA) is 56.1 Å². The third-order valence-electron chi connectivity index (χ3n) is 4.56. The van der Waals surface area contributed by atoms with Crippen molar-refractivity contribution in [3.8, 4) is 16.9 Å². The van der Waals surface area contributed by atoms with Gasteiger partial charge in [-0.2, -0.15) is 0 Å². The molecule has 2 aromatic heterocycles. The molecule has 0 saturated carbocycles. The fraction of sp³-hybridized carbons (Fsp3) is 0.0909. The molecule has 28 heavy (non-hydrogen) atoms. The molecule has 5 nitrogen and oxygen atoms in total. The average Bonchev–Trinajstić information content (AvgIpc) is 2.70. The van der Waals surface area contributed by atoms with Crippen LogP contribution in [0, 0.1) is 0 Å². The largest absolute Gasteiger partial charge is 0.497 e. The zero-order valence-electron chi connectivity index (χ0n) is 15.4. The number of aryl methyl sites for hydroxylation is 1. The highest BCUT2D eigenvalue weighted by Gasteiger charge is 2.08. The van der Waals surface area contributed by atoms with Gasteiger partial charge in [-0.3, -0.25) is 9.78 Å². The second kappa shape index (κ2) is 7.48. The van der Waals surface area contributed by atoms with Crippen molar-refractivity contribution in [2.24, 2.45) is 7.05 Å². The summed E-state index contributed by atoms with van der Waals surface area (Å²) in [6.07, 6.45) is 3.54. The van der Waals surface area contributed by atoms with Crippen molar-refractivity contribution in [3.05, 3.63) is 81.8 Å². The van der Waals surface area contributed by atoms with E-state index in [1.165, 1.54) is 0 Å². The third kappa shape index (κ3) is 3.64.